The number of thiophene rings is 1. The van der Waals surface area contributed by atoms with Gasteiger partial charge in [-0.15, -0.1) is 11.3 Å². The Morgan fingerprint density at radius 1 is 0.220 bits per heavy atom. The Morgan fingerprint density at radius 3 is 1.18 bits per heavy atom. The van der Waals surface area contributed by atoms with Gasteiger partial charge in [0.2, 0.25) is 0 Å². The number of hydrogen-bond acceptors (Lipinski definition) is 1. The van der Waals surface area contributed by atoms with Gasteiger partial charge in [-0.2, -0.15) is 0 Å². The van der Waals surface area contributed by atoms with Crippen LogP contribution >= 0.6 is 11.3 Å². The maximum Gasteiger partial charge on any atom is 0.0620 e. The van der Waals surface area contributed by atoms with Crippen molar-refractivity contribution in [2.24, 2.45) is 0 Å². The minimum absolute atomic E-state index is 1.18. The lowest BCUT2D eigenvalue weighted by molar-refractivity contribution is 1.18. The number of nitrogens with zero attached hydrogens (tertiary/aromatic N) is 3. The SMILES string of the molecule is c1cc(-c2cc3c4ccccc4n4c5ccccc5c(c2)c34)cc(-c2cccc3c2sc2ccccc23)c1.c1ccc(-n2c3ccccc3c3cc(-c4ccc(-c5cc6c7ccccc7n7c8ccccc8c(c5)c67)cc4)ccc32)cc1. The topological polar surface area (TPSA) is 13.8 Å². The van der Waals surface area contributed by atoms with Crippen LogP contribution in [0.3, 0.4) is 0 Å². The van der Waals surface area contributed by atoms with E-state index in [0.717, 1.165) is 0 Å². The summed E-state index contributed by atoms with van der Waals surface area (Å²) in [4.78, 5) is 0. The molecule has 0 unspecified atom stereocenters. The van der Waals surface area contributed by atoms with Gasteiger partial charge in [0.1, 0.15) is 0 Å². The predicted octanol–water partition coefficient (Wildman–Crippen LogP) is 21.8. The number of fused-ring (bicyclic) bond motifs is 18. The minimum atomic E-state index is 1.18. The molecule has 13 aromatic carbocycles. The molecule has 0 aliphatic rings. The zero-order chi connectivity index (χ0) is 53.6. The smallest absolute Gasteiger partial charge is 0.0620 e. The molecular formula is C78H47N3S. The Hall–Kier alpha value is -10.5. The molecule has 0 radical (unpaired) electrons. The Morgan fingerprint density at radius 2 is 0.610 bits per heavy atom. The van der Waals surface area contributed by atoms with E-state index in [2.05, 4.69) is 298 Å². The lowest BCUT2D eigenvalue weighted by Gasteiger charge is -2.09. The number of rotatable bonds is 5. The van der Waals surface area contributed by atoms with Crippen LogP contribution in [0.25, 0.3) is 168 Å². The van der Waals surface area contributed by atoms with Crippen molar-refractivity contribution in [1.29, 1.82) is 0 Å². The lowest BCUT2D eigenvalue weighted by Crippen LogP contribution is -1.92. The average Bonchev–Trinajstić information content (AvgIpc) is 4.13. The maximum absolute atomic E-state index is 2.44. The number of aromatic nitrogens is 3. The first-order valence-electron chi connectivity index (χ1n) is 28.2. The average molecular weight is 1060 g/mol. The van der Waals surface area contributed by atoms with Crippen LogP contribution in [0.15, 0.2) is 285 Å². The van der Waals surface area contributed by atoms with E-state index >= 15 is 0 Å². The van der Waals surface area contributed by atoms with Crippen molar-refractivity contribution in [1.82, 2.24) is 13.4 Å². The second-order valence-electron chi connectivity index (χ2n) is 21.9. The fourth-order valence-electron chi connectivity index (χ4n) is 13.9. The van der Waals surface area contributed by atoms with Crippen LogP contribution in [0, 0.1) is 0 Å². The van der Waals surface area contributed by atoms with E-state index in [1.54, 1.807) is 0 Å². The van der Waals surface area contributed by atoms with Gasteiger partial charge in [0.15, 0.2) is 0 Å². The maximum atomic E-state index is 2.44. The highest BCUT2D eigenvalue weighted by molar-refractivity contribution is 7.26. The largest absolute Gasteiger partial charge is 0.309 e. The molecule has 6 aromatic heterocycles. The van der Waals surface area contributed by atoms with Gasteiger partial charge in [0.05, 0.1) is 44.1 Å². The normalized spacial score (nSPS) is 12.1. The standard InChI is InChI=1S/C42H26N2.C36H21NS/c1-2-10-31(11-3-1)43-38-15-7-4-12-32(38)35-24-29(22-23-41(35)43)27-18-20-28(21-19-27)30-25-36-33-13-5-8-16-39(33)44-40-17-9-6-14-34(40)37(26-30)42(36)44;1-4-16-32-26(11-1)30-20-24(21-31-27-12-2-5-17-33(27)37(32)35(30)31)22-9-7-10-23(19-22)25-14-8-15-29-28-13-3-6-18-34(28)38-36(25)29/h1-26H;1-21H. The van der Waals surface area contributed by atoms with E-state index in [-0.39, 0.29) is 0 Å². The van der Waals surface area contributed by atoms with E-state index in [4.69, 9.17) is 0 Å². The first-order chi connectivity index (χ1) is 40.7. The van der Waals surface area contributed by atoms with Crippen LogP contribution in [0.1, 0.15) is 0 Å². The second-order valence-corrected chi connectivity index (χ2v) is 23.0. The zero-order valence-corrected chi connectivity index (χ0v) is 45.2. The number of hydrogen-bond donors (Lipinski definition) is 0. The van der Waals surface area contributed by atoms with Gasteiger partial charge >= 0.3 is 0 Å². The highest BCUT2D eigenvalue weighted by atomic mass is 32.1. The van der Waals surface area contributed by atoms with Crippen molar-refractivity contribution < 1.29 is 0 Å². The minimum Gasteiger partial charge on any atom is -0.309 e. The predicted molar refractivity (Wildman–Crippen MR) is 351 cm³/mol. The third kappa shape index (κ3) is 6.58. The summed E-state index contributed by atoms with van der Waals surface area (Å²) < 4.78 is 9.95. The van der Waals surface area contributed by atoms with Gasteiger partial charge < -0.3 is 13.4 Å². The van der Waals surface area contributed by atoms with Crippen molar-refractivity contribution in [3.8, 4) is 50.2 Å². The molecule has 0 saturated carbocycles. The van der Waals surface area contributed by atoms with Gasteiger partial charge in [0, 0.05) is 79.7 Å². The third-order valence-corrected chi connectivity index (χ3v) is 18.8. The third-order valence-electron chi connectivity index (χ3n) is 17.6. The summed E-state index contributed by atoms with van der Waals surface area (Å²) in [6, 6.07) is 105. The molecule has 0 atom stereocenters. The van der Waals surface area contributed by atoms with Gasteiger partial charge in [-0.3, -0.25) is 0 Å². The summed E-state index contributed by atoms with van der Waals surface area (Å²) in [6.45, 7) is 0. The van der Waals surface area contributed by atoms with Gasteiger partial charge in [-0.05, 0) is 136 Å². The van der Waals surface area contributed by atoms with Crippen LogP contribution in [-0.4, -0.2) is 13.4 Å². The molecule has 0 N–H and O–H groups in total. The number of benzene rings is 13. The Balaban J connectivity index is 0.000000127. The molecule has 4 heteroatoms. The van der Waals surface area contributed by atoms with Crippen molar-refractivity contribution >= 4 is 130 Å². The molecule has 3 nitrogen and oxygen atoms in total. The molecule has 0 aliphatic heterocycles. The van der Waals surface area contributed by atoms with E-state index in [0.29, 0.717) is 0 Å². The molecule has 0 spiro atoms. The molecule has 82 heavy (non-hydrogen) atoms. The summed E-state index contributed by atoms with van der Waals surface area (Å²) in [7, 11) is 0. The quantitative estimate of drug-likeness (QED) is 0.163. The summed E-state index contributed by atoms with van der Waals surface area (Å²) in [5, 5.41) is 15.7. The van der Waals surface area contributed by atoms with Crippen molar-refractivity contribution in [3.05, 3.63) is 285 Å². The van der Waals surface area contributed by atoms with Crippen molar-refractivity contribution in [3.63, 3.8) is 0 Å². The van der Waals surface area contributed by atoms with Gasteiger partial charge in [-0.1, -0.05) is 194 Å². The summed E-state index contributed by atoms with van der Waals surface area (Å²) in [6.07, 6.45) is 0. The molecule has 0 bridgehead atoms. The molecule has 0 fully saturated rings. The monoisotopic (exact) mass is 1060 g/mol. The molecule has 0 amide bonds. The first-order valence-corrected chi connectivity index (χ1v) is 29.0. The van der Waals surface area contributed by atoms with Crippen LogP contribution < -0.4 is 0 Å². The molecule has 19 aromatic rings. The van der Waals surface area contributed by atoms with E-state index in [1.165, 1.54) is 168 Å². The van der Waals surface area contributed by atoms with E-state index in [9.17, 15) is 0 Å². The van der Waals surface area contributed by atoms with Crippen LogP contribution in [0.2, 0.25) is 0 Å². The van der Waals surface area contributed by atoms with Gasteiger partial charge in [-0.25, -0.2) is 0 Å². The molecule has 380 valence electrons. The van der Waals surface area contributed by atoms with Crippen LogP contribution in [0.5, 0.6) is 0 Å². The molecule has 0 saturated heterocycles. The zero-order valence-electron chi connectivity index (χ0n) is 44.4. The molecule has 19 rings (SSSR count). The Bertz CT molecular complexity index is 5590. The van der Waals surface area contributed by atoms with Crippen molar-refractivity contribution in [2.45, 2.75) is 0 Å². The fraction of sp³-hybridized carbons (Fsp3) is 0. The molecule has 0 aliphatic carbocycles. The Kier molecular flexibility index (Phi) is 9.67. The lowest BCUT2D eigenvalue weighted by atomic mass is 9.95. The molecular weight excluding hydrogens is 1010 g/mol. The molecule has 6 heterocycles. The van der Waals surface area contributed by atoms with E-state index in [1.807, 2.05) is 11.3 Å². The summed E-state index contributed by atoms with van der Waals surface area (Å²) in [5.41, 5.74) is 21.4. The first kappa shape index (κ1) is 45.4. The number of para-hydroxylation sites is 6. The Labute approximate surface area is 475 Å². The van der Waals surface area contributed by atoms with Gasteiger partial charge in [0.25, 0.3) is 0 Å². The summed E-state index contributed by atoms with van der Waals surface area (Å²) in [5.74, 6) is 0. The summed E-state index contributed by atoms with van der Waals surface area (Å²) >= 11 is 1.89. The van der Waals surface area contributed by atoms with Crippen LogP contribution in [0.4, 0.5) is 0 Å². The highest BCUT2D eigenvalue weighted by Crippen LogP contribution is 2.46. The fourth-order valence-corrected chi connectivity index (χ4v) is 15.2. The van der Waals surface area contributed by atoms with Crippen LogP contribution in [-0.2, 0) is 0 Å². The highest BCUT2D eigenvalue weighted by Gasteiger charge is 2.21. The van der Waals surface area contributed by atoms with Crippen molar-refractivity contribution in [2.75, 3.05) is 0 Å². The second kappa shape index (κ2) is 17.5. The van der Waals surface area contributed by atoms with E-state index < -0.39 is 0 Å².